The fourth-order valence-corrected chi connectivity index (χ4v) is 5.02. The van der Waals surface area contributed by atoms with Gasteiger partial charge in [0.05, 0.1) is 50.1 Å². The first kappa shape index (κ1) is 30.2. The standard InChI is InChI=1S/C32H45NO6/c1-8-14-15-22(9-2)21-33-25-19-24(36-10-3)20-28(38-12-5)29(25)31(34)32(39-13-6)30(33)23-16-17-26(37-11-4)27(18-23)35-7/h16-20,22H,8-15,21H2,1-7H3. The van der Waals surface area contributed by atoms with Crippen molar-refractivity contribution >= 4 is 10.9 Å². The largest absolute Gasteiger partial charge is 0.494 e. The number of ether oxygens (including phenoxy) is 5. The van der Waals surface area contributed by atoms with Crippen molar-refractivity contribution in [3.63, 3.8) is 0 Å². The summed E-state index contributed by atoms with van der Waals surface area (Å²) in [5, 5.41) is 0.510. The maximum absolute atomic E-state index is 14.2. The van der Waals surface area contributed by atoms with E-state index in [1.165, 1.54) is 0 Å². The lowest BCUT2D eigenvalue weighted by Crippen LogP contribution is -2.21. The number of pyridine rings is 1. The van der Waals surface area contributed by atoms with Gasteiger partial charge in [-0.25, -0.2) is 0 Å². The van der Waals surface area contributed by atoms with Gasteiger partial charge in [0, 0.05) is 24.2 Å². The fraction of sp³-hybridized carbons (Fsp3) is 0.531. The zero-order valence-electron chi connectivity index (χ0n) is 24.7. The maximum Gasteiger partial charge on any atom is 0.235 e. The Morgan fingerprint density at radius 1 is 0.795 bits per heavy atom. The van der Waals surface area contributed by atoms with Crippen molar-refractivity contribution in [2.75, 3.05) is 33.5 Å². The Bertz CT molecular complexity index is 1280. The van der Waals surface area contributed by atoms with Gasteiger partial charge in [-0.1, -0.05) is 33.1 Å². The molecule has 0 fully saturated rings. The number of fused-ring (bicyclic) bond motifs is 1. The van der Waals surface area contributed by atoms with Gasteiger partial charge in [-0.05, 0) is 58.2 Å². The summed E-state index contributed by atoms with van der Waals surface area (Å²) in [4.78, 5) is 14.2. The molecule has 1 aromatic heterocycles. The molecule has 39 heavy (non-hydrogen) atoms. The third-order valence-electron chi connectivity index (χ3n) is 6.88. The van der Waals surface area contributed by atoms with Crippen LogP contribution in [0.4, 0.5) is 0 Å². The van der Waals surface area contributed by atoms with Gasteiger partial charge >= 0.3 is 0 Å². The molecule has 1 atom stereocenters. The first-order valence-electron chi connectivity index (χ1n) is 14.4. The molecule has 1 heterocycles. The van der Waals surface area contributed by atoms with Crippen LogP contribution < -0.4 is 29.1 Å². The van der Waals surface area contributed by atoms with Gasteiger partial charge < -0.3 is 28.3 Å². The van der Waals surface area contributed by atoms with E-state index in [9.17, 15) is 4.79 Å². The third kappa shape index (κ3) is 6.81. The third-order valence-corrected chi connectivity index (χ3v) is 6.88. The Kier molecular flexibility index (Phi) is 11.4. The van der Waals surface area contributed by atoms with E-state index < -0.39 is 0 Å². The molecule has 2 aromatic carbocycles. The second-order valence-electron chi connectivity index (χ2n) is 9.45. The Morgan fingerprint density at radius 3 is 2.10 bits per heavy atom. The van der Waals surface area contributed by atoms with Crippen LogP contribution in [-0.4, -0.2) is 38.1 Å². The molecule has 0 amide bonds. The van der Waals surface area contributed by atoms with Crippen molar-refractivity contribution in [3.05, 3.63) is 40.6 Å². The second kappa shape index (κ2) is 14.7. The average molecular weight is 540 g/mol. The lowest BCUT2D eigenvalue weighted by molar-refractivity contribution is 0.311. The van der Waals surface area contributed by atoms with Crippen molar-refractivity contribution in [1.82, 2.24) is 4.57 Å². The van der Waals surface area contributed by atoms with Crippen LogP contribution in [0.1, 0.15) is 67.2 Å². The van der Waals surface area contributed by atoms with Crippen LogP contribution in [-0.2, 0) is 6.54 Å². The van der Waals surface area contributed by atoms with E-state index in [1.807, 2.05) is 58.0 Å². The van der Waals surface area contributed by atoms with E-state index in [0.29, 0.717) is 66.5 Å². The monoisotopic (exact) mass is 539 g/mol. The summed E-state index contributed by atoms with van der Waals surface area (Å²) >= 11 is 0. The summed E-state index contributed by atoms with van der Waals surface area (Å²) in [6, 6.07) is 9.55. The summed E-state index contributed by atoms with van der Waals surface area (Å²) in [5.74, 6) is 3.17. The van der Waals surface area contributed by atoms with Crippen molar-refractivity contribution in [2.45, 2.75) is 73.8 Å². The molecule has 3 aromatic rings. The molecule has 0 saturated carbocycles. The molecule has 0 aliphatic rings. The molecule has 0 bridgehead atoms. The van der Waals surface area contributed by atoms with Crippen molar-refractivity contribution in [2.24, 2.45) is 5.92 Å². The highest BCUT2D eigenvalue weighted by Crippen LogP contribution is 2.40. The van der Waals surface area contributed by atoms with Crippen LogP contribution in [0.5, 0.6) is 28.7 Å². The van der Waals surface area contributed by atoms with Gasteiger partial charge in [-0.15, -0.1) is 0 Å². The van der Waals surface area contributed by atoms with E-state index in [1.54, 1.807) is 7.11 Å². The van der Waals surface area contributed by atoms with E-state index in [2.05, 4.69) is 18.4 Å². The smallest absolute Gasteiger partial charge is 0.235 e. The highest BCUT2D eigenvalue weighted by atomic mass is 16.5. The summed E-state index contributed by atoms with van der Waals surface area (Å²) in [7, 11) is 1.62. The van der Waals surface area contributed by atoms with Crippen LogP contribution >= 0.6 is 0 Å². The Morgan fingerprint density at radius 2 is 1.49 bits per heavy atom. The molecule has 3 rings (SSSR count). The summed E-state index contributed by atoms with van der Waals surface area (Å²) < 4.78 is 31.8. The number of methoxy groups -OCH3 is 1. The minimum atomic E-state index is -0.195. The second-order valence-corrected chi connectivity index (χ2v) is 9.45. The SMILES string of the molecule is CCCCC(CC)Cn1c(-c2ccc(OCC)c(OC)c2)c(OCC)c(=O)c2c(OCC)cc(OCC)cc21. The number of benzene rings is 2. The minimum Gasteiger partial charge on any atom is -0.494 e. The van der Waals surface area contributed by atoms with Crippen molar-refractivity contribution in [1.29, 1.82) is 0 Å². The highest BCUT2D eigenvalue weighted by molar-refractivity contribution is 5.92. The molecule has 7 nitrogen and oxygen atoms in total. The molecular formula is C32H45NO6. The Balaban J connectivity index is 2.47. The van der Waals surface area contributed by atoms with Gasteiger partial charge in [0.15, 0.2) is 17.2 Å². The molecule has 1 unspecified atom stereocenters. The maximum atomic E-state index is 14.2. The Labute approximate surface area is 233 Å². The van der Waals surface area contributed by atoms with Crippen LogP contribution in [0, 0.1) is 5.92 Å². The van der Waals surface area contributed by atoms with Gasteiger partial charge in [-0.3, -0.25) is 4.79 Å². The quantitative estimate of drug-likeness (QED) is 0.188. The number of rotatable bonds is 16. The van der Waals surface area contributed by atoms with Crippen molar-refractivity contribution < 1.29 is 23.7 Å². The molecule has 214 valence electrons. The number of hydrogen-bond donors (Lipinski definition) is 0. The molecule has 0 spiro atoms. The van der Waals surface area contributed by atoms with Crippen LogP contribution in [0.15, 0.2) is 35.1 Å². The molecular weight excluding hydrogens is 494 g/mol. The van der Waals surface area contributed by atoms with E-state index in [0.717, 1.165) is 49.0 Å². The lowest BCUT2D eigenvalue weighted by Gasteiger charge is -2.26. The summed E-state index contributed by atoms with van der Waals surface area (Å²) in [5.41, 5.74) is 2.12. The van der Waals surface area contributed by atoms with Crippen molar-refractivity contribution in [3.8, 4) is 40.0 Å². The Hall–Kier alpha value is -3.35. The zero-order chi connectivity index (χ0) is 28.4. The number of nitrogens with zero attached hydrogens (tertiary/aromatic N) is 1. The molecule has 0 radical (unpaired) electrons. The zero-order valence-corrected chi connectivity index (χ0v) is 24.7. The first-order chi connectivity index (χ1) is 19.0. The summed E-state index contributed by atoms with van der Waals surface area (Å²) in [6.45, 7) is 14.7. The van der Waals surface area contributed by atoms with Gasteiger partial charge in [0.2, 0.25) is 5.43 Å². The fourth-order valence-electron chi connectivity index (χ4n) is 5.02. The number of hydrogen-bond acceptors (Lipinski definition) is 6. The average Bonchev–Trinajstić information content (AvgIpc) is 2.94. The molecule has 7 heteroatoms. The topological polar surface area (TPSA) is 68.2 Å². The van der Waals surface area contributed by atoms with Gasteiger partial charge in [0.25, 0.3) is 0 Å². The number of aromatic nitrogens is 1. The van der Waals surface area contributed by atoms with Crippen LogP contribution in [0.2, 0.25) is 0 Å². The molecule has 0 aliphatic carbocycles. The molecule has 0 N–H and O–H groups in total. The lowest BCUT2D eigenvalue weighted by atomic mass is 9.97. The molecule has 0 aliphatic heterocycles. The summed E-state index contributed by atoms with van der Waals surface area (Å²) in [6.07, 6.45) is 4.40. The van der Waals surface area contributed by atoms with E-state index in [-0.39, 0.29) is 5.43 Å². The highest BCUT2D eigenvalue weighted by Gasteiger charge is 2.25. The normalized spacial score (nSPS) is 11.9. The van der Waals surface area contributed by atoms with Gasteiger partial charge in [0.1, 0.15) is 11.5 Å². The minimum absolute atomic E-state index is 0.195. The predicted molar refractivity (Wildman–Crippen MR) is 158 cm³/mol. The number of unbranched alkanes of at least 4 members (excludes halogenated alkanes) is 1. The predicted octanol–water partition coefficient (Wildman–Crippen LogP) is 7.49. The van der Waals surface area contributed by atoms with Crippen LogP contribution in [0.3, 0.4) is 0 Å². The van der Waals surface area contributed by atoms with E-state index in [4.69, 9.17) is 23.7 Å². The molecule has 0 saturated heterocycles. The van der Waals surface area contributed by atoms with Crippen LogP contribution in [0.25, 0.3) is 22.2 Å². The van der Waals surface area contributed by atoms with Gasteiger partial charge in [-0.2, -0.15) is 0 Å². The first-order valence-corrected chi connectivity index (χ1v) is 14.4. The van der Waals surface area contributed by atoms with E-state index >= 15 is 0 Å².